The van der Waals surface area contributed by atoms with Crippen molar-refractivity contribution >= 4 is 45.9 Å². The topological polar surface area (TPSA) is 38.3 Å². The van der Waals surface area contributed by atoms with Gasteiger partial charge in [-0.05, 0) is 84.5 Å². The summed E-state index contributed by atoms with van der Waals surface area (Å²) in [6, 6.07) is 13.8. The van der Waals surface area contributed by atoms with Crippen LogP contribution in [0.15, 0.2) is 47.4 Å². The monoisotopic (exact) mass is 427 g/mol. The number of aryl methyl sites for hydroxylation is 1. The first kappa shape index (κ1) is 17.1. The van der Waals surface area contributed by atoms with Crippen molar-refractivity contribution in [1.29, 1.82) is 0 Å². The van der Waals surface area contributed by atoms with E-state index in [-0.39, 0.29) is 5.91 Å². The van der Waals surface area contributed by atoms with Crippen LogP contribution in [-0.2, 0) is 4.79 Å². The van der Waals surface area contributed by atoms with E-state index in [1.807, 2.05) is 50.2 Å². The van der Waals surface area contributed by atoms with Gasteiger partial charge in [-0.3, -0.25) is 4.79 Å². The molecule has 2 aromatic rings. The molecule has 0 aliphatic heterocycles. The molecule has 1 N–H and O–H groups in total. The summed E-state index contributed by atoms with van der Waals surface area (Å²) in [4.78, 5) is 13.1. The Morgan fingerprint density at radius 3 is 2.59 bits per heavy atom. The molecular formula is C17H18INO2S. The number of carbonyl (C=O) groups excluding carboxylic acids is 1. The van der Waals surface area contributed by atoms with Crippen LogP contribution in [0.5, 0.6) is 5.75 Å². The van der Waals surface area contributed by atoms with Gasteiger partial charge in [-0.25, -0.2) is 0 Å². The van der Waals surface area contributed by atoms with Gasteiger partial charge in [0.25, 0.3) is 0 Å². The van der Waals surface area contributed by atoms with Crippen molar-refractivity contribution in [3.8, 4) is 5.75 Å². The third kappa shape index (κ3) is 5.21. The van der Waals surface area contributed by atoms with E-state index in [9.17, 15) is 4.79 Å². The quantitative estimate of drug-likeness (QED) is 0.535. The van der Waals surface area contributed by atoms with Crippen molar-refractivity contribution in [1.82, 2.24) is 0 Å². The third-order valence-corrected chi connectivity index (χ3v) is 4.65. The molecule has 116 valence electrons. The van der Waals surface area contributed by atoms with Crippen LogP contribution in [0.1, 0.15) is 12.5 Å². The minimum atomic E-state index is 0.00296. The van der Waals surface area contributed by atoms with Gasteiger partial charge in [0.15, 0.2) is 0 Å². The van der Waals surface area contributed by atoms with Crippen molar-refractivity contribution < 1.29 is 9.53 Å². The highest BCUT2D eigenvalue weighted by Gasteiger charge is 2.06. The van der Waals surface area contributed by atoms with Crippen LogP contribution in [0.2, 0.25) is 0 Å². The van der Waals surface area contributed by atoms with Crippen molar-refractivity contribution in [3.63, 3.8) is 0 Å². The second-order valence-corrected chi connectivity index (χ2v) is 6.99. The van der Waals surface area contributed by atoms with E-state index < -0.39 is 0 Å². The molecule has 2 aromatic carbocycles. The lowest BCUT2D eigenvalue weighted by atomic mass is 10.2. The van der Waals surface area contributed by atoms with E-state index in [1.54, 1.807) is 0 Å². The van der Waals surface area contributed by atoms with Gasteiger partial charge in [-0.2, -0.15) is 0 Å². The molecule has 0 radical (unpaired) electrons. The largest absolute Gasteiger partial charge is 0.494 e. The molecule has 0 fully saturated rings. The van der Waals surface area contributed by atoms with E-state index in [0.29, 0.717) is 12.4 Å². The summed E-state index contributed by atoms with van der Waals surface area (Å²) in [5, 5.41) is 2.95. The van der Waals surface area contributed by atoms with E-state index in [4.69, 9.17) is 4.74 Å². The number of halogens is 1. The summed E-state index contributed by atoms with van der Waals surface area (Å²) in [6.45, 7) is 4.61. The van der Waals surface area contributed by atoms with E-state index >= 15 is 0 Å². The number of benzene rings is 2. The first-order chi connectivity index (χ1) is 10.6. The van der Waals surface area contributed by atoms with Crippen LogP contribution in [0.25, 0.3) is 0 Å². The van der Waals surface area contributed by atoms with Crippen molar-refractivity contribution in [3.05, 3.63) is 51.6 Å². The third-order valence-electron chi connectivity index (χ3n) is 2.97. The highest BCUT2D eigenvalue weighted by Crippen LogP contribution is 2.22. The summed E-state index contributed by atoms with van der Waals surface area (Å²) < 4.78 is 6.56. The second kappa shape index (κ2) is 8.43. The SMILES string of the molecule is CCOc1ccc(SCC(=O)Nc2ccc(I)cc2C)cc1. The summed E-state index contributed by atoms with van der Waals surface area (Å²) in [7, 11) is 0. The van der Waals surface area contributed by atoms with Crippen molar-refractivity contribution in [2.24, 2.45) is 0 Å². The van der Waals surface area contributed by atoms with Crippen LogP contribution in [0.4, 0.5) is 5.69 Å². The van der Waals surface area contributed by atoms with Gasteiger partial charge in [-0.1, -0.05) is 0 Å². The lowest BCUT2D eigenvalue weighted by Crippen LogP contribution is -2.14. The minimum Gasteiger partial charge on any atom is -0.494 e. The molecule has 3 nitrogen and oxygen atoms in total. The molecule has 1 amide bonds. The molecule has 2 rings (SSSR count). The van der Waals surface area contributed by atoms with E-state index in [2.05, 4.69) is 34.0 Å². The number of amides is 1. The molecular weight excluding hydrogens is 409 g/mol. The Bertz CT molecular complexity index is 644. The number of carbonyl (C=O) groups is 1. The van der Waals surface area contributed by atoms with Gasteiger partial charge >= 0.3 is 0 Å². The zero-order chi connectivity index (χ0) is 15.9. The highest BCUT2D eigenvalue weighted by atomic mass is 127. The minimum absolute atomic E-state index is 0.00296. The summed E-state index contributed by atoms with van der Waals surface area (Å²) in [6.07, 6.45) is 0. The number of rotatable bonds is 6. The van der Waals surface area contributed by atoms with Crippen LogP contribution >= 0.6 is 34.4 Å². The van der Waals surface area contributed by atoms with Crippen molar-refractivity contribution in [2.75, 3.05) is 17.7 Å². The summed E-state index contributed by atoms with van der Waals surface area (Å²) in [5.74, 6) is 1.24. The van der Waals surface area contributed by atoms with Crippen molar-refractivity contribution in [2.45, 2.75) is 18.7 Å². The molecule has 0 heterocycles. The number of anilines is 1. The zero-order valence-electron chi connectivity index (χ0n) is 12.6. The molecule has 0 saturated carbocycles. The molecule has 5 heteroatoms. The number of thioether (sulfide) groups is 1. The molecule has 0 spiro atoms. The van der Waals surface area contributed by atoms with Crippen LogP contribution < -0.4 is 10.1 Å². The molecule has 0 aliphatic carbocycles. The van der Waals surface area contributed by atoms with Gasteiger partial charge in [0, 0.05) is 14.2 Å². The smallest absolute Gasteiger partial charge is 0.234 e. The molecule has 0 unspecified atom stereocenters. The Hall–Kier alpha value is -1.21. The lowest BCUT2D eigenvalue weighted by molar-refractivity contribution is -0.113. The Kier molecular flexibility index (Phi) is 6.57. The molecule has 0 bridgehead atoms. The Morgan fingerprint density at radius 2 is 1.95 bits per heavy atom. The molecule has 0 aliphatic rings. The van der Waals surface area contributed by atoms with Crippen LogP contribution in [0.3, 0.4) is 0 Å². The first-order valence-electron chi connectivity index (χ1n) is 7.00. The maximum Gasteiger partial charge on any atom is 0.234 e. The van der Waals surface area contributed by atoms with Crippen LogP contribution in [-0.4, -0.2) is 18.3 Å². The number of ether oxygens (including phenoxy) is 1. The number of hydrogen-bond donors (Lipinski definition) is 1. The maximum atomic E-state index is 12.0. The fourth-order valence-corrected chi connectivity index (χ4v) is 3.25. The molecule has 22 heavy (non-hydrogen) atoms. The molecule has 0 aromatic heterocycles. The fraction of sp³-hybridized carbons (Fsp3) is 0.235. The Balaban J connectivity index is 1.87. The van der Waals surface area contributed by atoms with Gasteiger partial charge in [-0.15, -0.1) is 11.8 Å². The first-order valence-corrected chi connectivity index (χ1v) is 9.06. The normalized spacial score (nSPS) is 10.3. The average molecular weight is 427 g/mol. The number of nitrogens with one attached hydrogen (secondary N) is 1. The predicted molar refractivity (Wildman–Crippen MR) is 101 cm³/mol. The van der Waals surface area contributed by atoms with Crippen LogP contribution in [0, 0.1) is 10.5 Å². The van der Waals surface area contributed by atoms with Gasteiger partial charge in [0.05, 0.1) is 12.4 Å². The van der Waals surface area contributed by atoms with E-state index in [1.165, 1.54) is 11.8 Å². The lowest BCUT2D eigenvalue weighted by Gasteiger charge is -2.09. The van der Waals surface area contributed by atoms with E-state index in [0.717, 1.165) is 25.5 Å². The fourth-order valence-electron chi connectivity index (χ4n) is 1.90. The second-order valence-electron chi connectivity index (χ2n) is 4.70. The summed E-state index contributed by atoms with van der Waals surface area (Å²) >= 11 is 3.78. The molecule has 0 saturated heterocycles. The zero-order valence-corrected chi connectivity index (χ0v) is 15.5. The molecule has 0 atom stereocenters. The number of hydrogen-bond acceptors (Lipinski definition) is 3. The maximum absolute atomic E-state index is 12.0. The Morgan fingerprint density at radius 1 is 1.23 bits per heavy atom. The van der Waals surface area contributed by atoms with Gasteiger partial charge in [0.1, 0.15) is 5.75 Å². The summed E-state index contributed by atoms with van der Waals surface area (Å²) in [5.41, 5.74) is 1.95. The average Bonchev–Trinajstić information content (AvgIpc) is 2.50. The highest BCUT2D eigenvalue weighted by molar-refractivity contribution is 14.1. The van der Waals surface area contributed by atoms with Gasteiger partial charge in [0.2, 0.25) is 5.91 Å². The van der Waals surface area contributed by atoms with Gasteiger partial charge < -0.3 is 10.1 Å². The predicted octanol–water partition coefficient (Wildman–Crippen LogP) is 4.73. The standard InChI is InChI=1S/C17H18INO2S/c1-3-21-14-5-7-15(8-6-14)22-11-17(20)19-16-9-4-13(18)10-12(16)2/h4-10H,3,11H2,1-2H3,(H,19,20). The Labute approximate surface area is 149 Å².